The van der Waals surface area contributed by atoms with Crippen molar-refractivity contribution in [1.29, 1.82) is 0 Å². The van der Waals surface area contributed by atoms with Gasteiger partial charge in [0.25, 0.3) is 11.8 Å². The second kappa shape index (κ2) is 7.23. The van der Waals surface area contributed by atoms with Crippen molar-refractivity contribution in [3.05, 3.63) is 35.9 Å². The Morgan fingerprint density at radius 3 is 2.50 bits per heavy atom. The number of carbonyl (C=O) groups is 1. The molecule has 0 atom stereocenters. The zero-order valence-corrected chi connectivity index (χ0v) is 14.5. The van der Waals surface area contributed by atoms with Gasteiger partial charge in [-0.15, -0.1) is 0 Å². The van der Waals surface area contributed by atoms with Crippen molar-refractivity contribution in [3.63, 3.8) is 0 Å². The van der Waals surface area contributed by atoms with Crippen LogP contribution in [0.15, 0.2) is 30.3 Å². The first-order valence-corrected chi connectivity index (χ1v) is 8.16. The van der Waals surface area contributed by atoms with Crippen LogP contribution < -0.4 is 9.47 Å². The lowest BCUT2D eigenvalue weighted by Gasteiger charge is -2.31. The van der Waals surface area contributed by atoms with E-state index in [4.69, 9.17) is 9.47 Å². The molecule has 3 rings (SSSR count). The molecule has 1 saturated heterocycles. The number of methoxy groups -OCH3 is 2. The zero-order valence-electron chi connectivity index (χ0n) is 14.5. The third kappa shape index (κ3) is 3.89. The summed E-state index contributed by atoms with van der Waals surface area (Å²) in [5, 5.41) is 0. The Hall–Kier alpha value is -2.77. The Morgan fingerprint density at radius 1 is 1.12 bits per heavy atom. The van der Waals surface area contributed by atoms with Crippen molar-refractivity contribution in [1.82, 2.24) is 14.9 Å². The Morgan fingerprint density at radius 2 is 1.85 bits per heavy atom. The summed E-state index contributed by atoms with van der Waals surface area (Å²) >= 11 is 0. The van der Waals surface area contributed by atoms with Gasteiger partial charge in [0.1, 0.15) is 0 Å². The minimum absolute atomic E-state index is 0.0468. The molecule has 0 saturated carbocycles. The van der Waals surface area contributed by atoms with Gasteiger partial charge in [0.05, 0.1) is 19.9 Å². The van der Waals surface area contributed by atoms with Crippen LogP contribution in [0.4, 0.5) is 8.78 Å². The number of rotatable bonds is 4. The van der Waals surface area contributed by atoms with Gasteiger partial charge in [0.2, 0.25) is 5.88 Å². The van der Waals surface area contributed by atoms with Crippen LogP contribution in [0.1, 0.15) is 23.2 Å². The molecule has 138 valence electrons. The number of halogens is 2. The lowest BCUT2D eigenvalue weighted by atomic mass is 10.0. The third-order valence-electron chi connectivity index (χ3n) is 4.26. The predicted molar refractivity (Wildman–Crippen MR) is 90.7 cm³/mol. The average molecular weight is 363 g/mol. The van der Waals surface area contributed by atoms with Crippen molar-refractivity contribution in [2.45, 2.75) is 18.8 Å². The van der Waals surface area contributed by atoms with Gasteiger partial charge in [-0.1, -0.05) is 12.1 Å². The summed E-state index contributed by atoms with van der Waals surface area (Å²) in [4.78, 5) is 22.4. The van der Waals surface area contributed by atoms with E-state index in [9.17, 15) is 13.6 Å². The number of nitrogens with zero attached hydrogens (tertiary/aromatic N) is 3. The van der Waals surface area contributed by atoms with Gasteiger partial charge in [-0.25, -0.2) is 8.78 Å². The Bertz CT molecular complexity index is 782. The van der Waals surface area contributed by atoms with E-state index in [0.29, 0.717) is 22.7 Å². The molecule has 0 spiro atoms. The summed E-state index contributed by atoms with van der Waals surface area (Å²) in [6.07, 6.45) is -0.614. The van der Waals surface area contributed by atoms with Crippen LogP contribution in [-0.4, -0.2) is 54.0 Å². The fourth-order valence-electron chi connectivity index (χ4n) is 2.78. The van der Waals surface area contributed by atoms with E-state index in [2.05, 4.69) is 9.97 Å². The van der Waals surface area contributed by atoms with Gasteiger partial charge >= 0.3 is 6.01 Å². The van der Waals surface area contributed by atoms with E-state index in [1.165, 1.54) is 19.1 Å². The number of amides is 1. The van der Waals surface area contributed by atoms with Crippen molar-refractivity contribution in [3.8, 4) is 23.1 Å². The molecule has 1 amide bonds. The van der Waals surface area contributed by atoms with Gasteiger partial charge in [0.15, 0.2) is 0 Å². The van der Waals surface area contributed by atoms with Crippen molar-refractivity contribution in [2.24, 2.45) is 0 Å². The standard InChI is InChI=1S/C18H19F2N3O3/c1-25-15-11-14(21-17(22-15)26-2)12-4-3-5-13(10-12)16(24)23-8-6-18(19,20)7-9-23/h3-5,10-11H,6-9H2,1-2H3. The summed E-state index contributed by atoms with van der Waals surface area (Å²) in [6.45, 7) is 0.0937. The SMILES string of the molecule is COc1cc(-c2cccc(C(=O)N3CCC(F)(F)CC3)c2)nc(OC)n1. The molecule has 8 heteroatoms. The number of aromatic nitrogens is 2. The molecule has 6 nitrogen and oxygen atoms in total. The fraction of sp³-hybridized carbons (Fsp3) is 0.389. The highest BCUT2D eigenvalue weighted by molar-refractivity contribution is 5.95. The largest absolute Gasteiger partial charge is 0.481 e. The number of piperidine rings is 1. The molecule has 1 fully saturated rings. The van der Waals surface area contributed by atoms with E-state index in [1.807, 2.05) is 0 Å². The summed E-state index contributed by atoms with van der Waals surface area (Å²) < 4.78 is 36.8. The van der Waals surface area contributed by atoms with Crippen molar-refractivity contribution in [2.75, 3.05) is 27.3 Å². The van der Waals surface area contributed by atoms with Gasteiger partial charge in [-0.3, -0.25) is 4.79 Å². The lowest BCUT2D eigenvalue weighted by Crippen LogP contribution is -2.42. The third-order valence-corrected chi connectivity index (χ3v) is 4.26. The highest BCUT2D eigenvalue weighted by atomic mass is 19.3. The molecule has 0 radical (unpaired) electrons. The summed E-state index contributed by atoms with van der Waals surface area (Å²) in [7, 11) is 2.93. The molecule has 1 aliphatic rings. The molecule has 26 heavy (non-hydrogen) atoms. The number of ether oxygens (including phenoxy) is 2. The fourth-order valence-corrected chi connectivity index (χ4v) is 2.78. The van der Waals surface area contributed by atoms with Gasteiger partial charge in [-0.2, -0.15) is 9.97 Å². The molecule has 0 N–H and O–H groups in total. The average Bonchev–Trinajstić information content (AvgIpc) is 2.67. The molecule has 0 bridgehead atoms. The number of hydrogen-bond acceptors (Lipinski definition) is 5. The highest BCUT2D eigenvalue weighted by Gasteiger charge is 2.35. The van der Waals surface area contributed by atoms with Gasteiger partial charge < -0.3 is 14.4 Å². The number of likely N-dealkylation sites (tertiary alicyclic amines) is 1. The number of hydrogen-bond donors (Lipinski definition) is 0. The monoisotopic (exact) mass is 363 g/mol. The molecule has 2 aromatic rings. The number of benzene rings is 1. The Balaban J connectivity index is 1.86. The molecule has 2 heterocycles. The summed E-state index contributed by atoms with van der Waals surface area (Å²) in [5.41, 5.74) is 1.63. The number of alkyl halides is 2. The first kappa shape index (κ1) is 18.0. The second-order valence-corrected chi connectivity index (χ2v) is 6.01. The normalized spacial score (nSPS) is 16.2. The molecular weight excluding hydrogens is 344 g/mol. The first-order valence-electron chi connectivity index (χ1n) is 8.16. The summed E-state index contributed by atoms with van der Waals surface area (Å²) in [6, 6.07) is 8.64. The van der Waals surface area contributed by atoms with Crippen LogP contribution in [0.5, 0.6) is 11.9 Å². The van der Waals surface area contributed by atoms with Crippen LogP contribution in [0.2, 0.25) is 0 Å². The Kier molecular flexibility index (Phi) is 5.01. The highest BCUT2D eigenvalue weighted by Crippen LogP contribution is 2.29. The van der Waals surface area contributed by atoms with E-state index in [1.54, 1.807) is 30.3 Å². The smallest absolute Gasteiger partial charge is 0.320 e. The molecule has 0 aliphatic carbocycles. The minimum Gasteiger partial charge on any atom is -0.481 e. The van der Waals surface area contributed by atoms with E-state index in [0.717, 1.165) is 0 Å². The minimum atomic E-state index is -2.69. The molecular formula is C18H19F2N3O3. The van der Waals surface area contributed by atoms with Crippen molar-refractivity contribution < 1.29 is 23.0 Å². The maximum atomic E-state index is 13.3. The van der Waals surface area contributed by atoms with Crippen LogP contribution in [0.25, 0.3) is 11.3 Å². The molecule has 1 aromatic heterocycles. The second-order valence-electron chi connectivity index (χ2n) is 6.01. The molecule has 0 unspecified atom stereocenters. The van der Waals surface area contributed by atoms with Gasteiger partial charge in [0, 0.05) is 43.1 Å². The lowest BCUT2D eigenvalue weighted by molar-refractivity contribution is -0.0494. The maximum absolute atomic E-state index is 13.3. The van der Waals surface area contributed by atoms with Crippen LogP contribution in [0.3, 0.4) is 0 Å². The molecule has 1 aliphatic heterocycles. The van der Waals surface area contributed by atoms with Crippen LogP contribution in [0, 0.1) is 0 Å². The van der Waals surface area contributed by atoms with E-state index >= 15 is 0 Å². The number of carbonyl (C=O) groups excluding carboxylic acids is 1. The maximum Gasteiger partial charge on any atom is 0.320 e. The van der Waals surface area contributed by atoms with E-state index in [-0.39, 0.29) is 37.8 Å². The predicted octanol–water partition coefficient (Wildman–Crippen LogP) is 3.03. The summed E-state index contributed by atoms with van der Waals surface area (Å²) in [5.74, 6) is -2.62. The van der Waals surface area contributed by atoms with Crippen molar-refractivity contribution >= 4 is 5.91 Å². The topological polar surface area (TPSA) is 64.5 Å². The Labute approximate surface area is 149 Å². The van der Waals surface area contributed by atoms with Gasteiger partial charge in [-0.05, 0) is 12.1 Å². The van der Waals surface area contributed by atoms with Crippen LogP contribution in [-0.2, 0) is 0 Å². The quantitative estimate of drug-likeness (QED) is 0.835. The van der Waals surface area contributed by atoms with Crippen LogP contribution >= 0.6 is 0 Å². The first-order chi connectivity index (χ1) is 12.4. The molecule has 1 aromatic carbocycles. The van der Waals surface area contributed by atoms with E-state index < -0.39 is 5.92 Å². The zero-order chi connectivity index (χ0) is 18.7.